The van der Waals surface area contributed by atoms with Crippen LogP contribution in [0.4, 0.5) is 0 Å². The lowest BCUT2D eigenvalue weighted by Gasteiger charge is -2.15. The van der Waals surface area contributed by atoms with Crippen LogP contribution in [0.15, 0.2) is 35.6 Å². The molecule has 0 aliphatic carbocycles. The van der Waals surface area contributed by atoms with Gasteiger partial charge in [-0.25, -0.2) is 9.98 Å². The number of carbonyl (C=O) groups excluding carboxylic acids is 1. The van der Waals surface area contributed by atoms with E-state index < -0.39 is 12.0 Å². The van der Waals surface area contributed by atoms with Crippen LogP contribution >= 0.6 is 50.5 Å². The Morgan fingerprint density at radius 1 is 1.11 bits per heavy atom. The number of nitrogens with zero attached hydrogens (tertiary/aromatic N) is 2. The highest BCUT2D eigenvalue weighted by Gasteiger charge is 2.26. The third-order valence-corrected chi connectivity index (χ3v) is 4.60. The van der Waals surface area contributed by atoms with Crippen LogP contribution in [0.25, 0.3) is 0 Å². The van der Waals surface area contributed by atoms with Gasteiger partial charge in [0.25, 0.3) is 0 Å². The van der Waals surface area contributed by atoms with Crippen molar-refractivity contribution in [2.75, 3.05) is 0 Å². The third kappa shape index (κ3) is 2.35. The molecule has 1 aromatic carbocycles. The van der Waals surface area contributed by atoms with E-state index in [0.717, 1.165) is 6.34 Å². The first-order chi connectivity index (χ1) is 8.43. The van der Waals surface area contributed by atoms with Gasteiger partial charge in [0.2, 0.25) is 12.0 Å². The maximum absolute atomic E-state index is 11.8. The largest absolute Gasteiger partial charge is 0.365 e. The highest BCUT2D eigenvalue weighted by atomic mass is 32.1. The lowest BCUT2D eigenvalue weighted by molar-refractivity contribution is -0.120. The Morgan fingerprint density at radius 2 is 1.78 bits per heavy atom. The average Bonchev–Trinajstić information content (AvgIpc) is 2.35. The number of ketones is 1. The minimum absolute atomic E-state index is 0.0847. The van der Waals surface area contributed by atoms with Gasteiger partial charge in [0.1, 0.15) is 12.1 Å². The molecule has 4 nitrogen and oxygen atoms in total. The van der Waals surface area contributed by atoms with Gasteiger partial charge in [-0.15, -0.1) is 50.5 Å². The summed E-state index contributed by atoms with van der Waals surface area (Å²) in [5.74, 6) is -0.583. The van der Waals surface area contributed by atoms with Crippen LogP contribution in [0.5, 0.6) is 0 Å². The monoisotopic (exact) mass is 316 g/mol. The van der Waals surface area contributed by atoms with Crippen molar-refractivity contribution in [1.29, 1.82) is 0 Å². The second kappa shape index (κ2) is 5.30. The highest BCUT2D eigenvalue weighted by Crippen LogP contribution is 2.34. The van der Waals surface area contributed by atoms with E-state index >= 15 is 0 Å². The normalized spacial score (nSPS) is 19.1. The first-order valence-electron chi connectivity index (χ1n) is 4.72. The molecular formula is C10H8N2O2S4. The first kappa shape index (κ1) is 14.0. The molecule has 1 aliphatic rings. The number of Topliss-reactive ketones (excluding diaryl/α,β-unsaturated/α-hetero) is 1. The number of rotatable bonds is 1. The zero-order valence-corrected chi connectivity index (χ0v) is 12.3. The quantitative estimate of drug-likeness (QED) is 0.511. The Kier molecular flexibility index (Phi) is 4.12. The predicted octanol–water partition coefficient (Wildman–Crippen LogP) is 1.56. The van der Waals surface area contributed by atoms with Gasteiger partial charge in [-0.05, 0) is 6.07 Å². The van der Waals surface area contributed by atoms with Gasteiger partial charge in [0.15, 0.2) is 0 Å². The number of carbonyl (C=O) groups is 1. The van der Waals surface area contributed by atoms with Gasteiger partial charge >= 0.3 is 0 Å². The molecule has 94 valence electrons. The molecule has 1 aliphatic heterocycles. The van der Waals surface area contributed by atoms with E-state index in [1.807, 2.05) is 0 Å². The van der Waals surface area contributed by atoms with Crippen LogP contribution in [0, 0.1) is 0 Å². The standard InChI is InChI=1S/C10H8N2O2S4/c13-6-5(11-2-12-10(6)14)3-1-4(15)8(17)9(18)7(3)16/h1-2,10,14-18H. The number of hydrogen-bond donors (Lipinski definition) is 5. The minimum Gasteiger partial charge on any atom is -0.365 e. The maximum atomic E-state index is 11.8. The van der Waals surface area contributed by atoms with E-state index in [2.05, 4.69) is 60.5 Å². The van der Waals surface area contributed by atoms with Gasteiger partial charge in [0.05, 0.1) is 0 Å². The molecule has 0 saturated carbocycles. The topological polar surface area (TPSA) is 62.0 Å². The third-order valence-electron chi connectivity index (χ3n) is 2.35. The number of thiol groups is 4. The first-order valence-corrected chi connectivity index (χ1v) is 6.51. The van der Waals surface area contributed by atoms with Crippen molar-refractivity contribution in [2.45, 2.75) is 25.8 Å². The summed E-state index contributed by atoms with van der Waals surface area (Å²) in [7, 11) is 0. The zero-order valence-electron chi connectivity index (χ0n) is 8.77. The van der Waals surface area contributed by atoms with Gasteiger partial charge in [-0.1, -0.05) is 0 Å². The number of aliphatic hydroxyl groups is 1. The van der Waals surface area contributed by atoms with Crippen molar-refractivity contribution in [2.24, 2.45) is 9.98 Å². The lowest BCUT2D eigenvalue weighted by Crippen LogP contribution is -2.31. The molecule has 0 saturated heterocycles. The van der Waals surface area contributed by atoms with Crippen molar-refractivity contribution < 1.29 is 9.90 Å². The highest BCUT2D eigenvalue weighted by molar-refractivity contribution is 7.86. The Morgan fingerprint density at radius 3 is 2.44 bits per heavy atom. The smallest absolute Gasteiger partial charge is 0.232 e. The van der Waals surface area contributed by atoms with E-state index in [4.69, 9.17) is 0 Å². The van der Waals surface area contributed by atoms with Crippen LogP contribution in [0.2, 0.25) is 0 Å². The van der Waals surface area contributed by atoms with E-state index in [-0.39, 0.29) is 5.71 Å². The van der Waals surface area contributed by atoms with Gasteiger partial charge in [-0.3, -0.25) is 4.79 Å². The number of benzene rings is 1. The summed E-state index contributed by atoms with van der Waals surface area (Å²) in [5.41, 5.74) is 0.530. The van der Waals surface area contributed by atoms with Crippen molar-refractivity contribution in [3.8, 4) is 0 Å². The molecule has 1 unspecified atom stereocenters. The molecule has 1 N–H and O–H groups in total. The molecule has 0 fully saturated rings. The molecular weight excluding hydrogens is 308 g/mol. The fourth-order valence-electron chi connectivity index (χ4n) is 1.43. The molecule has 8 heteroatoms. The van der Waals surface area contributed by atoms with Crippen LogP contribution in [0.1, 0.15) is 5.56 Å². The summed E-state index contributed by atoms with van der Waals surface area (Å²) in [4.78, 5) is 21.2. The van der Waals surface area contributed by atoms with Crippen LogP contribution < -0.4 is 0 Å². The summed E-state index contributed by atoms with van der Waals surface area (Å²) in [6.45, 7) is 0. The summed E-state index contributed by atoms with van der Waals surface area (Å²) in [5, 5.41) is 9.39. The molecule has 2 rings (SSSR count). The lowest BCUT2D eigenvalue weighted by atomic mass is 10.0. The van der Waals surface area contributed by atoms with Crippen LogP contribution in [-0.2, 0) is 4.79 Å². The summed E-state index contributed by atoms with van der Waals surface area (Å²) < 4.78 is 0. The van der Waals surface area contributed by atoms with Crippen molar-refractivity contribution >= 4 is 68.3 Å². The predicted molar refractivity (Wildman–Crippen MR) is 81.5 cm³/mol. The Balaban J connectivity index is 2.63. The number of hydrogen-bond acceptors (Lipinski definition) is 8. The molecule has 0 amide bonds. The minimum atomic E-state index is -1.42. The Hall–Kier alpha value is -0.410. The second-order valence-corrected chi connectivity index (χ2v) is 5.29. The molecule has 0 spiro atoms. The fourth-order valence-corrected chi connectivity index (χ4v) is 2.54. The van der Waals surface area contributed by atoms with Crippen molar-refractivity contribution in [3.05, 3.63) is 11.6 Å². The number of aliphatic hydroxyl groups excluding tert-OH is 1. The van der Waals surface area contributed by atoms with E-state index in [9.17, 15) is 9.90 Å². The SMILES string of the molecule is O=C1C(c2cc(S)c(S)c(S)c2S)=NC=NC1O. The van der Waals surface area contributed by atoms with Crippen LogP contribution in [-0.4, -0.2) is 29.2 Å². The summed E-state index contributed by atoms with van der Waals surface area (Å²) in [6, 6.07) is 1.61. The van der Waals surface area contributed by atoms with Crippen LogP contribution in [0.3, 0.4) is 0 Å². The molecule has 0 bridgehead atoms. The molecule has 0 radical (unpaired) electrons. The molecule has 1 atom stereocenters. The van der Waals surface area contributed by atoms with Crippen molar-refractivity contribution in [3.63, 3.8) is 0 Å². The zero-order chi connectivity index (χ0) is 13.4. The fraction of sp³-hybridized carbons (Fsp3) is 0.100. The number of aliphatic imine (C=N–C) groups is 2. The molecule has 0 aromatic heterocycles. The van der Waals surface area contributed by atoms with Crippen molar-refractivity contribution in [1.82, 2.24) is 0 Å². The van der Waals surface area contributed by atoms with E-state index in [1.54, 1.807) is 6.07 Å². The molecule has 1 heterocycles. The van der Waals surface area contributed by atoms with Gasteiger partial charge in [-0.2, -0.15) is 0 Å². The van der Waals surface area contributed by atoms with E-state index in [1.165, 1.54) is 0 Å². The molecule has 18 heavy (non-hydrogen) atoms. The second-order valence-electron chi connectivity index (χ2n) is 3.47. The van der Waals surface area contributed by atoms with Gasteiger partial charge < -0.3 is 5.11 Å². The van der Waals surface area contributed by atoms with Gasteiger partial charge in [0, 0.05) is 25.1 Å². The maximum Gasteiger partial charge on any atom is 0.232 e. The Labute approximate surface area is 125 Å². The Bertz CT molecular complexity index is 598. The summed E-state index contributed by atoms with van der Waals surface area (Å²) >= 11 is 17.0. The molecule has 1 aromatic rings. The average molecular weight is 316 g/mol. The summed E-state index contributed by atoms with van der Waals surface area (Å²) in [6.07, 6.45) is -0.285. The van der Waals surface area contributed by atoms with E-state index in [0.29, 0.717) is 25.1 Å².